The molecule has 4 nitrogen and oxygen atoms in total. The minimum absolute atomic E-state index is 0.0294. The molecule has 178 valence electrons. The van der Waals surface area contributed by atoms with E-state index in [0.717, 1.165) is 18.4 Å². The smallest absolute Gasteiger partial charge is 0.220 e. The van der Waals surface area contributed by atoms with E-state index < -0.39 is 12.1 Å². The maximum Gasteiger partial charge on any atom is 0.220 e. The van der Waals surface area contributed by atoms with Crippen molar-refractivity contribution in [1.82, 2.24) is 5.32 Å². The molecule has 0 heterocycles. The zero-order chi connectivity index (χ0) is 22.6. The normalized spacial score (nSPS) is 13.1. The summed E-state index contributed by atoms with van der Waals surface area (Å²) in [5, 5.41) is 22.7. The number of rotatable bonds is 20. The fraction of sp³-hybridized carbons (Fsp3) is 0.741. The summed E-state index contributed by atoms with van der Waals surface area (Å²) in [6.45, 7) is 2.11. The summed E-state index contributed by atoms with van der Waals surface area (Å²) in [6.07, 6.45) is 18.3. The van der Waals surface area contributed by atoms with Crippen LogP contribution in [0.1, 0.15) is 121 Å². The second kappa shape index (κ2) is 19.3. The molecule has 0 spiro atoms. The maximum atomic E-state index is 12.1. The quantitative estimate of drug-likeness (QED) is 0.207. The molecule has 0 unspecified atom stereocenters. The van der Waals surface area contributed by atoms with Crippen molar-refractivity contribution < 1.29 is 15.0 Å². The molecule has 0 saturated carbocycles. The lowest BCUT2D eigenvalue weighted by Gasteiger charge is -2.20. The predicted molar refractivity (Wildman–Crippen MR) is 130 cm³/mol. The van der Waals surface area contributed by atoms with E-state index in [9.17, 15) is 15.0 Å². The third kappa shape index (κ3) is 15.1. The summed E-state index contributed by atoms with van der Waals surface area (Å²) in [6, 6.07) is 8.96. The van der Waals surface area contributed by atoms with Crippen molar-refractivity contribution in [3.8, 4) is 0 Å². The minimum Gasteiger partial charge on any atom is -0.394 e. The van der Waals surface area contributed by atoms with E-state index in [1.807, 2.05) is 30.3 Å². The van der Waals surface area contributed by atoms with Gasteiger partial charge < -0.3 is 15.5 Å². The molecule has 2 atom stereocenters. The Labute approximate surface area is 190 Å². The van der Waals surface area contributed by atoms with Crippen LogP contribution in [0.4, 0.5) is 0 Å². The first-order chi connectivity index (χ1) is 15.2. The first kappa shape index (κ1) is 27.6. The number of carbonyl (C=O) groups is 1. The van der Waals surface area contributed by atoms with Crippen LogP contribution in [-0.2, 0) is 4.79 Å². The second-order valence-corrected chi connectivity index (χ2v) is 8.96. The van der Waals surface area contributed by atoms with Crippen LogP contribution >= 0.6 is 0 Å². The highest BCUT2D eigenvalue weighted by atomic mass is 16.3. The van der Waals surface area contributed by atoms with Crippen molar-refractivity contribution in [3.63, 3.8) is 0 Å². The van der Waals surface area contributed by atoms with Gasteiger partial charge in [0.25, 0.3) is 0 Å². The van der Waals surface area contributed by atoms with Crippen molar-refractivity contribution in [2.75, 3.05) is 6.61 Å². The molecule has 0 aliphatic rings. The molecular formula is C27H47NO3. The molecule has 1 aromatic carbocycles. The van der Waals surface area contributed by atoms with E-state index in [4.69, 9.17) is 0 Å². The topological polar surface area (TPSA) is 69.6 Å². The van der Waals surface area contributed by atoms with Crippen LogP contribution < -0.4 is 5.32 Å². The monoisotopic (exact) mass is 433 g/mol. The Morgan fingerprint density at radius 1 is 0.806 bits per heavy atom. The molecule has 31 heavy (non-hydrogen) atoms. The highest BCUT2D eigenvalue weighted by molar-refractivity contribution is 5.76. The Balaban J connectivity index is 1.96. The zero-order valence-electron chi connectivity index (χ0n) is 19.9. The number of aliphatic hydroxyl groups is 2. The molecule has 3 N–H and O–H groups in total. The van der Waals surface area contributed by atoms with Gasteiger partial charge in [-0.25, -0.2) is 0 Å². The molecule has 0 aliphatic heterocycles. The fourth-order valence-corrected chi connectivity index (χ4v) is 4.04. The number of nitrogens with one attached hydrogen (secondary N) is 1. The zero-order valence-corrected chi connectivity index (χ0v) is 19.9. The highest BCUT2D eigenvalue weighted by Gasteiger charge is 2.17. The summed E-state index contributed by atoms with van der Waals surface area (Å²) in [7, 11) is 0. The summed E-state index contributed by atoms with van der Waals surface area (Å²) in [5.41, 5.74) is 0.808. The Kier molecular flexibility index (Phi) is 17.2. The van der Waals surface area contributed by atoms with E-state index in [1.54, 1.807) is 0 Å². The lowest BCUT2D eigenvalue weighted by Crippen LogP contribution is -2.38. The first-order valence-electron chi connectivity index (χ1n) is 12.8. The van der Waals surface area contributed by atoms with Gasteiger partial charge in [0.2, 0.25) is 5.91 Å². The predicted octanol–water partition coefficient (Wildman–Crippen LogP) is 6.46. The van der Waals surface area contributed by atoms with Gasteiger partial charge in [-0.1, -0.05) is 121 Å². The van der Waals surface area contributed by atoms with Crippen molar-refractivity contribution in [2.45, 2.75) is 122 Å². The van der Waals surface area contributed by atoms with E-state index >= 15 is 0 Å². The number of hydrogen-bond acceptors (Lipinski definition) is 3. The van der Waals surface area contributed by atoms with Gasteiger partial charge in [-0.05, 0) is 18.4 Å². The maximum absolute atomic E-state index is 12.1. The van der Waals surface area contributed by atoms with Crippen molar-refractivity contribution in [3.05, 3.63) is 35.9 Å². The molecule has 0 fully saturated rings. The van der Waals surface area contributed by atoms with Gasteiger partial charge in [-0.15, -0.1) is 0 Å². The van der Waals surface area contributed by atoms with E-state index in [0.29, 0.717) is 12.8 Å². The molecule has 1 rings (SSSR count). The van der Waals surface area contributed by atoms with Gasteiger partial charge in [0, 0.05) is 6.42 Å². The number of hydrogen-bond donors (Lipinski definition) is 3. The van der Waals surface area contributed by atoms with Crippen LogP contribution in [0.3, 0.4) is 0 Å². The molecule has 0 aromatic heterocycles. The van der Waals surface area contributed by atoms with Crippen LogP contribution in [0.5, 0.6) is 0 Å². The standard InChI is InChI=1S/C27H47NO3/c1-2-3-4-5-6-7-8-9-10-11-12-13-14-18-21-27(31)28-25(23-29)22-26(30)24-19-16-15-17-20-24/h15-17,19-20,25-26,29-30H,2-14,18,21-23H2,1H3,(H,28,31)/t25-,26-/m1/s1. The van der Waals surface area contributed by atoms with Crippen LogP contribution in [0.2, 0.25) is 0 Å². The number of carbonyl (C=O) groups excluding carboxylic acids is 1. The molecule has 1 amide bonds. The Morgan fingerprint density at radius 2 is 1.29 bits per heavy atom. The summed E-state index contributed by atoms with van der Waals surface area (Å²) in [4.78, 5) is 12.1. The van der Waals surface area contributed by atoms with Gasteiger partial charge in [0.05, 0.1) is 18.8 Å². The minimum atomic E-state index is -0.681. The van der Waals surface area contributed by atoms with Gasteiger partial charge in [0.1, 0.15) is 0 Å². The van der Waals surface area contributed by atoms with Gasteiger partial charge in [0.15, 0.2) is 0 Å². The van der Waals surface area contributed by atoms with Crippen molar-refractivity contribution in [2.24, 2.45) is 0 Å². The lowest BCUT2D eigenvalue weighted by atomic mass is 10.0. The molecule has 0 saturated heterocycles. The molecule has 0 bridgehead atoms. The van der Waals surface area contributed by atoms with Crippen LogP contribution in [0.15, 0.2) is 30.3 Å². The molecule has 4 heteroatoms. The lowest BCUT2D eigenvalue weighted by molar-refractivity contribution is -0.122. The summed E-state index contributed by atoms with van der Waals surface area (Å²) < 4.78 is 0. The van der Waals surface area contributed by atoms with Crippen molar-refractivity contribution >= 4 is 5.91 Å². The third-order valence-electron chi connectivity index (χ3n) is 6.04. The largest absolute Gasteiger partial charge is 0.394 e. The number of unbranched alkanes of at least 4 members (excludes halogenated alkanes) is 13. The number of aliphatic hydroxyl groups excluding tert-OH is 2. The fourth-order valence-electron chi connectivity index (χ4n) is 4.04. The van der Waals surface area contributed by atoms with E-state index in [1.165, 1.54) is 77.0 Å². The van der Waals surface area contributed by atoms with Gasteiger partial charge in [-0.3, -0.25) is 4.79 Å². The first-order valence-corrected chi connectivity index (χ1v) is 12.8. The van der Waals surface area contributed by atoms with E-state index in [-0.39, 0.29) is 12.5 Å². The molecular weight excluding hydrogens is 386 g/mol. The van der Waals surface area contributed by atoms with Crippen LogP contribution in [0, 0.1) is 0 Å². The van der Waals surface area contributed by atoms with Gasteiger partial charge >= 0.3 is 0 Å². The highest BCUT2D eigenvalue weighted by Crippen LogP contribution is 2.18. The summed E-state index contributed by atoms with van der Waals surface area (Å²) in [5.74, 6) is -0.0294. The molecule has 0 aliphatic carbocycles. The van der Waals surface area contributed by atoms with Crippen LogP contribution in [0.25, 0.3) is 0 Å². The average molecular weight is 434 g/mol. The molecule has 0 radical (unpaired) electrons. The SMILES string of the molecule is CCCCCCCCCCCCCCCCC(=O)N[C@@H](CO)C[C@@H](O)c1ccccc1. The van der Waals surface area contributed by atoms with Gasteiger partial charge in [-0.2, -0.15) is 0 Å². The van der Waals surface area contributed by atoms with E-state index in [2.05, 4.69) is 12.2 Å². The molecule has 1 aromatic rings. The Bertz CT molecular complexity index is 535. The number of benzene rings is 1. The van der Waals surface area contributed by atoms with Crippen molar-refractivity contribution in [1.29, 1.82) is 0 Å². The van der Waals surface area contributed by atoms with Crippen LogP contribution in [-0.4, -0.2) is 28.8 Å². The Hall–Kier alpha value is -1.39. The number of amides is 1. The second-order valence-electron chi connectivity index (χ2n) is 8.96. The Morgan fingerprint density at radius 3 is 1.77 bits per heavy atom. The summed E-state index contributed by atoms with van der Waals surface area (Å²) >= 11 is 0. The average Bonchev–Trinajstić information content (AvgIpc) is 2.79. The third-order valence-corrected chi connectivity index (χ3v) is 6.04.